The summed E-state index contributed by atoms with van der Waals surface area (Å²) in [6, 6.07) is 16.5. The number of thiophene rings is 1. The predicted molar refractivity (Wildman–Crippen MR) is 125 cm³/mol. The molecule has 0 radical (unpaired) electrons. The van der Waals surface area contributed by atoms with Crippen molar-refractivity contribution in [2.45, 2.75) is 17.1 Å². The molecule has 1 aromatic heterocycles. The van der Waals surface area contributed by atoms with Gasteiger partial charge in [-0.3, -0.25) is 9.10 Å². The molecule has 0 fully saturated rings. The van der Waals surface area contributed by atoms with E-state index in [2.05, 4.69) is 22.3 Å². The number of para-hydroxylation sites is 1. The molecule has 1 N–H and O–H groups in total. The standard InChI is InChI=1S/C23H24FN3O3S2/c24-19-8-10-20(11-9-19)27(32(29,30)23-7-3-16-31-23)17-22(28)25-13-4-14-26-15-12-18-5-1-2-6-21(18)26/h1-3,5-11,16H,4,12-15,17H2,(H,25,28). The summed E-state index contributed by atoms with van der Waals surface area (Å²) in [5, 5.41) is 4.48. The molecule has 6 nitrogen and oxygen atoms in total. The number of carbonyl (C=O) groups excluding carboxylic acids is 1. The first-order valence-corrected chi connectivity index (χ1v) is 12.7. The number of fused-ring (bicyclic) bond motifs is 1. The zero-order valence-corrected chi connectivity index (χ0v) is 19.0. The monoisotopic (exact) mass is 473 g/mol. The Bertz CT molecular complexity index is 1170. The molecule has 1 aliphatic heterocycles. The van der Waals surface area contributed by atoms with Gasteiger partial charge in [0.2, 0.25) is 5.91 Å². The molecule has 9 heteroatoms. The average molecular weight is 474 g/mol. The second kappa shape index (κ2) is 9.70. The zero-order valence-electron chi connectivity index (χ0n) is 17.4. The van der Waals surface area contributed by atoms with Crippen LogP contribution in [0.3, 0.4) is 0 Å². The van der Waals surface area contributed by atoms with Gasteiger partial charge in [-0.25, -0.2) is 12.8 Å². The van der Waals surface area contributed by atoms with Gasteiger partial charge in [0.1, 0.15) is 16.6 Å². The lowest BCUT2D eigenvalue weighted by Gasteiger charge is -2.23. The third kappa shape index (κ3) is 4.94. The molecule has 0 spiro atoms. The van der Waals surface area contributed by atoms with Crippen LogP contribution in [-0.4, -0.2) is 40.5 Å². The maximum Gasteiger partial charge on any atom is 0.274 e. The Morgan fingerprint density at radius 2 is 1.88 bits per heavy atom. The third-order valence-electron chi connectivity index (χ3n) is 5.35. The molecule has 0 saturated heterocycles. The summed E-state index contributed by atoms with van der Waals surface area (Å²) in [6.45, 7) is 1.84. The van der Waals surface area contributed by atoms with E-state index in [0.717, 1.165) is 41.6 Å². The van der Waals surface area contributed by atoms with E-state index in [1.165, 1.54) is 41.6 Å². The highest BCUT2D eigenvalue weighted by atomic mass is 32.2. The second-order valence-electron chi connectivity index (χ2n) is 7.49. The maximum absolute atomic E-state index is 13.4. The first-order valence-electron chi connectivity index (χ1n) is 10.4. The van der Waals surface area contributed by atoms with Crippen LogP contribution in [0.4, 0.5) is 15.8 Å². The Kier molecular flexibility index (Phi) is 6.76. The van der Waals surface area contributed by atoms with Crippen LogP contribution in [0.25, 0.3) is 0 Å². The molecule has 3 aromatic rings. The number of sulfonamides is 1. The van der Waals surface area contributed by atoms with Gasteiger partial charge in [0.25, 0.3) is 10.0 Å². The summed E-state index contributed by atoms with van der Waals surface area (Å²) in [4.78, 5) is 14.9. The van der Waals surface area contributed by atoms with E-state index in [4.69, 9.17) is 0 Å². The smallest absolute Gasteiger partial charge is 0.274 e. The van der Waals surface area contributed by atoms with Crippen molar-refractivity contribution in [1.82, 2.24) is 5.32 Å². The van der Waals surface area contributed by atoms with Crippen molar-refractivity contribution >= 4 is 38.6 Å². The number of halogens is 1. The zero-order chi connectivity index (χ0) is 22.6. The fraction of sp³-hybridized carbons (Fsp3) is 0.261. The fourth-order valence-electron chi connectivity index (χ4n) is 3.76. The number of benzene rings is 2. The van der Waals surface area contributed by atoms with Crippen molar-refractivity contribution in [1.29, 1.82) is 0 Å². The molecule has 0 unspecified atom stereocenters. The van der Waals surface area contributed by atoms with Gasteiger partial charge in [0.15, 0.2) is 0 Å². The summed E-state index contributed by atoms with van der Waals surface area (Å²) in [6.07, 6.45) is 1.77. The number of amides is 1. The van der Waals surface area contributed by atoms with Gasteiger partial charge in [-0.2, -0.15) is 0 Å². The van der Waals surface area contributed by atoms with E-state index in [1.807, 2.05) is 12.1 Å². The van der Waals surface area contributed by atoms with Crippen molar-refractivity contribution in [2.24, 2.45) is 0 Å². The number of hydrogen-bond donors (Lipinski definition) is 1. The van der Waals surface area contributed by atoms with E-state index in [9.17, 15) is 17.6 Å². The van der Waals surface area contributed by atoms with Crippen LogP contribution in [0, 0.1) is 5.82 Å². The van der Waals surface area contributed by atoms with Gasteiger partial charge >= 0.3 is 0 Å². The SMILES string of the molecule is O=C(CN(c1ccc(F)cc1)S(=O)(=O)c1cccs1)NCCCN1CCc2ccccc21. The number of nitrogens with one attached hydrogen (secondary N) is 1. The Balaban J connectivity index is 1.37. The summed E-state index contributed by atoms with van der Waals surface area (Å²) in [5.74, 6) is -0.883. The first kappa shape index (κ1) is 22.3. The maximum atomic E-state index is 13.4. The van der Waals surface area contributed by atoms with E-state index in [-0.39, 0.29) is 16.4 Å². The van der Waals surface area contributed by atoms with Crippen LogP contribution in [0.15, 0.2) is 70.3 Å². The largest absolute Gasteiger partial charge is 0.371 e. The molecule has 0 bridgehead atoms. The molecule has 168 valence electrons. The number of anilines is 2. The molecular weight excluding hydrogens is 449 g/mol. The van der Waals surface area contributed by atoms with Crippen LogP contribution < -0.4 is 14.5 Å². The molecule has 0 aliphatic carbocycles. The molecular formula is C23H24FN3O3S2. The highest BCUT2D eigenvalue weighted by molar-refractivity contribution is 7.94. The van der Waals surface area contributed by atoms with Crippen LogP contribution >= 0.6 is 11.3 Å². The Morgan fingerprint density at radius 1 is 1.09 bits per heavy atom. The summed E-state index contributed by atoms with van der Waals surface area (Å²) < 4.78 is 40.7. The molecule has 32 heavy (non-hydrogen) atoms. The molecule has 1 amide bonds. The van der Waals surface area contributed by atoms with Crippen molar-refractivity contribution in [2.75, 3.05) is 35.4 Å². The van der Waals surface area contributed by atoms with Crippen LogP contribution in [0.2, 0.25) is 0 Å². The Morgan fingerprint density at radius 3 is 2.62 bits per heavy atom. The highest BCUT2D eigenvalue weighted by Gasteiger charge is 2.28. The molecule has 2 heterocycles. The Labute approximate surface area is 191 Å². The van der Waals surface area contributed by atoms with Crippen molar-refractivity contribution in [3.8, 4) is 0 Å². The second-order valence-corrected chi connectivity index (χ2v) is 10.5. The van der Waals surface area contributed by atoms with E-state index >= 15 is 0 Å². The third-order valence-corrected chi connectivity index (χ3v) is 8.50. The molecule has 1 aliphatic rings. The van der Waals surface area contributed by atoms with E-state index < -0.39 is 21.7 Å². The topological polar surface area (TPSA) is 69.7 Å². The normalized spacial score (nSPS) is 13.1. The number of carbonyl (C=O) groups is 1. The molecule has 4 rings (SSSR count). The minimum absolute atomic E-state index is 0.127. The minimum atomic E-state index is -3.94. The van der Waals surface area contributed by atoms with Crippen LogP contribution in [0.1, 0.15) is 12.0 Å². The van der Waals surface area contributed by atoms with Gasteiger partial charge in [0, 0.05) is 25.3 Å². The fourth-order valence-corrected chi connectivity index (χ4v) is 6.29. The van der Waals surface area contributed by atoms with Gasteiger partial charge in [0.05, 0.1) is 5.69 Å². The lowest BCUT2D eigenvalue weighted by Crippen LogP contribution is -2.41. The minimum Gasteiger partial charge on any atom is -0.371 e. The van der Waals surface area contributed by atoms with Gasteiger partial charge < -0.3 is 10.2 Å². The van der Waals surface area contributed by atoms with E-state index in [1.54, 1.807) is 11.4 Å². The lowest BCUT2D eigenvalue weighted by atomic mass is 10.2. The van der Waals surface area contributed by atoms with Crippen molar-refractivity contribution in [3.05, 3.63) is 77.4 Å². The van der Waals surface area contributed by atoms with Gasteiger partial charge in [-0.15, -0.1) is 11.3 Å². The Hall–Kier alpha value is -2.91. The van der Waals surface area contributed by atoms with Crippen molar-refractivity contribution in [3.63, 3.8) is 0 Å². The number of nitrogens with zero attached hydrogens (tertiary/aromatic N) is 2. The van der Waals surface area contributed by atoms with Crippen LogP contribution in [-0.2, 0) is 21.2 Å². The quantitative estimate of drug-likeness (QED) is 0.482. The molecule has 2 aromatic carbocycles. The van der Waals surface area contributed by atoms with Gasteiger partial charge in [-0.05, 0) is 60.2 Å². The summed E-state index contributed by atoms with van der Waals surface area (Å²) in [5.41, 5.74) is 2.82. The summed E-state index contributed by atoms with van der Waals surface area (Å²) in [7, 11) is -3.94. The summed E-state index contributed by atoms with van der Waals surface area (Å²) >= 11 is 1.07. The van der Waals surface area contributed by atoms with Crippen LogP contribution in [0.5, 0.6) is 0 Å². The lowest BCUT2D eigenvalue weighted by molar-refractivity contribution is -0.119. The first-order chi connectivity index (χ1) is 15.4. The highest BCUT2D eigenvalue weighted by Crippen LogP contribution is 2.28. The van der Waals surface area contributed by atoms with E-state index in [0.29, 0.717) is 6.54 Å². The van der Waals surface area contributed by atoms with Crippen molar-refractivity contribution < 1.29 is 17.6 Å². The van der Waals surface area contributed by atoms with Gasteiger partial charge in [-0.1, -0.05) is 24.3 Å². The molecule has 0 saturated carbocycles. The number of rotatable bonds is 9. The average Bonchev–Trinajstić information content (AvgIpc) is 3.47. The predicted octanol–water partition coefficient (Wildman–Crippen LogP) is 3.65. The molecule has 0 atom stereocenters. The number of hydrogen-bond acceptors (Lipinski definition) is 5.